The molecule has 2 heteroatoms. The Morgan fingerprint density at radius 1 is 0.850 bits per heavy atom. The topological polar surface area (TPSA) is 18.5 Å². The largest absolute Gasteiger partial charge is 0.384 e. The summed E-state index contributed by atoms with van der Waals surface area (Å²) >= 11 is 0. The molecule has 0 unspecified atom stereocenters. The molecule has 2 fully saturated rings. The molecule has 0 aromatic carbocycles. The molecular formula is C18H32O2. The zero-order chi connectivity index (χ0) is 14.2. The van der Waals surface area contributed by atoms with Gasteiger partial charge in [-0.3, -0.25) is 0 Å². The van der Waals surface area contributed by atoms with Gasteiger partial charge in [-0.05, 0) is 75.0 Å². The van der Waals surface area contributed by atoms with Crippen LogP contribution in [0.15, 0.2) is 12.7 Å². The lowest BCUT2D eigenvalue weighted by atomic mass is 9.69. The predicted molar refractivity (Wildman–Crippen MR) is 83.8 cm³/mol. The van der Waals surface area contributed by atoms with Crippen molar-refractivity contribution in [3.05, 3.63) is 12.7 Å². The molecule has 0 aromatic rings. The highest BCUT2D eigenvalue weighted by Crippen LogP contribution is 2.41. The minimum atomic E-state index is 0.712. The van der Waals surface area contributed by atoms with Crippen molar-refractivity contribution in [3.63, 3.8) is 0 Å². The molecule has 0 aliphatic heterocycles. The molecule has 20 heavy (non-hydrogen) atoms. The van der Waals surface area contributed by atoms with Crippen LogP contribution in [0, 0.1) is 23.7 Å². The van der Waals surface area contributed by atoms with Gasteiger partial charge < -0.3 is 9.47 Å². The summed E-state index contributed by atoms with van der Waals surface area (Å²) in [6, 6.07) is 0. The van der Waals surface area contributed by atoms with Crippen LogP contribution in [0.3, 0.4) is 0 Å². The van der Waals surface area contributed by atoms with Crippen LogP contribution in [0.2, 0.25) is 0 Å². The Hall–Kier alpha value is -0.340. The molecule has 0 spiro atoms. The summed E-state index contributed by atoms with van der Waals surface area (Å²) in [6.07, 6.45) is 13.1. The fourth-order valence-corrected chi connectivity index (χ4v) is 4.21. The number of methoxy groups -OCH3 is 1. The van der Waals surface area contributed by atoms with E-state index >= 15 is 0 Å². The molecule has 0 saturated heterocycles. The molecule has 2 aliphatic carbocycles. The second-order valence-corrected chi connectivity index (χ2v) is 6.84. The Labute approximate surface area is 124 Å². The first-order chi connectivity index (χ1) is 9.83. The van der Waals surface area contributed by atoms with Crippen molar-refractivity contribution in [2.24, 2.45) is 23.7 Å². The van der Waals surface area contributed by atoms with Crippen LogP contribution in [0.25, 0.3) is 0 Å². The third kappa shape index (κ3) is 4.89. The Kier molecular flexibility index (Phi) is 7.09. The molecule has 2 rings (SSSR count). The second-order valence-electron chi connectivity index (χ2n) is 6.84. The van der Waals surface area contributed by atoms with Crippen molar-refractivity contribution in [1.82, 2.24) is 0 Å². The molecule has 2 saturated carbocycles. The monoisotopic (exact) mass is 280 g/mol. The zero-order valence-electron chi connectivity index (χ0n) is 13.2. The van der Waals surface area contributed by atoms with Gasteiger partial charge in [-0.25, -0.2) is 0 Å². The maximum atomic E-state index is 5.61. The lowest BCUT2D eigenvalue weighted by molar-refractivity contribution is 0.0686. The van der Waals surface area contributed by atoms with Gasteiger partial charge in [0.05, 0.1) is 6.61 Å². The van der Waals surface area contributed by atoms with Crippen LogP contribution >= 0.6 is 0 Å². The maximum Gasteiger partial charge on any atom is 0.0644 e. The first-order valence-corrected chi connectivity index (χ1v) is 8.51. The summed E-state index contributed by atoms with van der Waals surface area (Å²) in [7, 11) is 1.84. The van der Waals surface area contributed by atoms with Crippen molar-refractivity contribution in [1.29, 1.82) is 0 Å². The van der Waals surface area contributed by atoms with Gasteiger partial charge >= 0.3 is 0 Å². The van der Waals surface area contributed by atoms with Crippen LogP contribution in [0.4, 0.5) is 0 Å². The van der Waals surface area contributed by atoms with Crippen LogP contribution in [-0.4, -0.2) is 26.9 Å². The van der Waals surface area contributed by atoms with Crippen LogP contribution in [-0.2, 0) is 9.47 Å². The highest BCUT2D eigenvalue weighted by Gasteiger charge is 2.30. The Morgan fingerprint density at radius 2 is 1.35 bits per heavy atom. The van der Waals surface area contributed by atoms with E-state index < -0.39 is 0 Å². The van der Waals surface area contributed by atoms with E-state index in [1.807, 2.05) is 13.2 Å². The van der Waals surface area contributed by atoms with E-state index in [1.54, 1.807) is 0 Å². The molecule has 0 N–H and O–H groups in total. The highest BCUT2D eigenvalue weighted by molar-refractivity contribution is 4.82. The van der Waals surface area contributed by atoms with Crippen molar-refractivity contribution >= 4 is 0 Å². The van der Waals surface area contributed by atoms with Crippen LogP contribution in [0.1, 0.15) is 51.4 Å². The van der Waals surface area contributed by atoms with E-state index in [0.717, 1.165) is 36.9 Å². The van der Waals surface area contributed by atoms with Crippen LogP contribution < -0.4 is 0 Å². The molecule has 116 valence electrons. The summed E-state index contributed by atoms with van der Waals surface area (Å²) in [4.78, 5) is 0. The molecule has 2 nitrogen and oxygen atoms in total. The number of ether oxygens (including phenoxy) is 2. The van der Waals surface area contributed by atoms with Gasteiger partial charge in [0.15, 0.2) is 0 Å². The van der Waals surface area contributed by atoms with Crippen molar-refractivity contribution in [2.45, 2.75) is 51.4 Å². The van der Waals surface area contributed by atoms with E-state index in [9.17, 15) is 0 Å². The van der Waals surface area contributed by atoms with E-state index in [2.05, 4.69) is 6.58 Å². The third-order valence-corrected chi connectivity index (χ3v) is 5.44. The quantitative estimate of drug-likeness (QED) is 0.507. The fourth-order valence-electron chi connectivity index (χ4n) is 4.21. The molecule has 0 radical (unpaired) electrons. The molecule has 0 aromatic heterocycles. The zero-order valence-corrected chi connectivity index (χ0v) is 13.2. The van der Waals surface area contributed by atoms with Gasteiger partial charge in [0, 0.05) is 20.3 Å². The van der Waals surface area contributed by atoms with E-state index in [-0.39, 0.29) is 0 Å². The Balaban J connectivity index is 1.63. The summed E-state index contributed by atoms with van der Waals surface area (Å²) in [5.41, 5.74) is 0. The number of rotatable bonds is 7. The molecule has 0 amide bonds. The molecule has 0 atom stereocenters. The van der Waals surface area contributed by atoms with Gasteiger partial charge in [0.25, 0.3) is 0 Å². The van der Waals surface area contributed by atoms with E-state index in [4.69, 9.17) is 9.47 Å². The average Bonchev–Trinajstić information content (AvgIpc) is 2.49. The summed E-state index contributed by atoms with van der Waals surface area (Å²) in [5.74, 6) is 3.63. The van der Waals surface area contributed by atoms with Gasteiger partial charge in [0.2, 0.25) is 0 Å². The van der Waals surface area contributed by atoms with Gasteiger partial charge in [-0.1, -0.05) is 6.08 Å². The first-order valence-electron chi connectivity index (χ1n) is 8.51. The summed E-state index contributed by atoms with van der Waals surface area (Å²) in [6.45, 7) is 6.33. The minimum Gasteiger partial charge on any atom is -0.384 e. The third-order valence-electron chi connectivity index (χ3n) is 5.44. The minimum absolute atomic E-state index is 0.712. The second kappa shape index (κ2) is 8.84. The van der Waals surface area contributed by atoms with Crippen LogP contribution in [0.5, 0.6) is 0 Å². The van der Waals surface area contributed by atoms with E-state index in [0.29, 0.717) is 6.61 Å². The smallest absolute Gasteiger partial charge is 0.0644 e. The molecule has 2 aliphatic rings. The SMILES string of the molecule is C=CCOCC1CCC(C2CCC(COC)CC2)CC1. The Morgan fingerprint density at radius 3 is 1.80 bits per heavy atom. The lowest BCUT2D eigenvalue weighted by Gasteiger charge is -2.37. The van der Waals surface area contributed by atoms with Gasteiger partial charge in [-0.15, -0.1) is 6.58 Å². The van der Waals surface area contributed by atoms with Gasteiger partial charge in [0.1, 0.15) is 0 Å². The summed E-state index contributed by atoms with van der Waals surface area (Å²) in [5, 5.41) is 0. The first kappa shape index (κ1) is 16.0. The molecule has 0 heterocycles. The normalized spacial score (nSPS) is 34.9. The maximum absolute atomic E-state index is 5.61. The standard InChI is InChI=1S/C18H32O2/c1-3-12-20-14-16-6-10-18(11-7-16)17-8-4-15(5-9-17)13-19-2/h3,15-18H,1,4-14H2,2H3. The molecule has 0 bridgehead atoms. The number of hydrogen-bond donors (Lipinski definition) is 0. The summed E-state index contributed by atoms with van der Waals surface area (Å²) < 4.78 is 10.9. The highest BCUT2D eigenvalue weighted by atomic mass is 16.5. The molecular weight excluding hydrogens is 248 g/mol. The fraction of sp³-hybridized carbons (Fsp3) is 0.889. The number of hydrogen-bond acceptors (Lipinski definition) is 2. The lowest BCUT2D eigenvalue weighted by Crippen LogP contribution is -2.28. The van der Waals surface area contributed by atoms with Gasteiger partial charge in [-0.2, -0.15) is 0 Å². The average molecular weight is 280 g/mol. The predicted octanol–water partition coefficient (Wildman–Crippen LogP) is 4.45. The van der Waals surface area contributed by atoms with Crippen molar-refractivity contribution in [2.75, 3.05) is 26.9 Å². The van der Waals surface area contributed by atoms with Crippen molar-refractivity contribution < 1.29 is 9.47 Å². The van der Waals surface area contributed by atoms with Crippen molar-refractivity contribution in [3.8, 4) is 0 Å². The Bertz CT molecular complexity index is 261. The van der Waals surface area contributed by atoms with E-state index in [1.165, 1.54) is 51.4 Å².